The summed E-state index contributed by atoms with van der Waals surface area (Å²) in [4.78, 5) is 4.31. The first-order chi connectivity index (χ1) is 7.40. The molecule has 1 aromatic rings. The van der Waals surface area contributed by atoms with Crippen molar-refractivity contribution in [2.45, 2.75) is 18.9 Å². The minimum absolute atomic E-state index is 0.307. The third-order valence-electron chi connectivity index (χ3n) is 2.34. The summed E-state index contributed by atoms with van der Waals surface area (Å²) < 4.78 is 10.4. The fraction of sp³-hybridized carbons (Fsp3) is 0.600. The minimum atomic E-state index is 0.307. The van der Waals surface area contributed by atoms with Crippen molar-refractivity contribution >= 4 is 0 Å². The standard InChI is InChI=1S/C10H15N3O2/c1-2-4-11-6-9-12-10(13-15-9)8-3-5-14-7-8/h2,8,11H,1,3-7H2. The summed E-state index contributed by atoms with van der Waals surface area (Å²) in [5.74, 6) is 1.70. The molecule has 5 heteroatoms. The van der Waals surface area contributed by atoms with Gasteiger partial charge in [0.15, 0.2) is 5.82 Å². The van der Waals surface area contributed by atoms with Crippen LogP contribution in [0.25, 0.3) is 0 Å². The first kappa shape index (κ1) is 10.3. The quantitative estimate of drug-likeness (QED) is 0.575. The molecule has 1 aromatic heterocycles. The van der Waals surface area contributed by atoms with Crippen LogP contribution in [0.4, 0.5) is 0 Å². The second-order valence-electron chi connectivity index (χ2n) is 3.53. The number of nitrogens with one attached hydrogen (secondary N) is 1. The summed E-state index contributed by atoms with van der Waals surface area (Å²) in [5, 5.41) is 7.05. The van der Waals surface area contributed by atoms with Crippen molar-refractivity contribution in [3.63, 3.8) is 0 Å². The molecule has 5 nitrogen and oxygen atoms in total. The van der Waals surface area contributed by atoms with E-state index in [2.05, 4.69) is 22.0 Å². The third-order valence-corrected chi connectivity index (χ3v) is 2.34. The Hall–Kier alpha value is -1.20. The highest BCUT2D eigenvalue weighted by Crippen LogP contribution is 2.22. The summed E-state index contributed by atoms with van der Waals surface area (Å²) >= 11 is 0. The maximum atomic E-state index is 5.27. The van der Waals surface area contributed by atoms with E-state index in [0.29, 0.717) is 25.0 Å². The van der Waals surface area contributed by atoms with Crippen LogP contribution in [-0.2, 0) is 11.3 Å². The van der Waals surface area contributed by atoms with Crippen LogP contribution in [0.1, 0.15) is 24.1 Å². The first-order valence-electron chi connectivity index (χ1n) is 5.12. The van der Waals surface area contributed by atoms with Gasteiger partial charge >= 0.3 is 0 Å². The zero-order valence-corrected chi connectivity index (χ0v) is 8.61. The lowest BCUT2D eigenvalue weighted by Crippen LogP contribution is -2.12. The van der Waals surface area contributed by atoms with Crippen molar-refractivity contribution in [1.29, 1.82) is 0 Å². The largest absolute Gasteiger partial charge is 0.381 e. The average molecular weight is 209 g/mol. The van der Waals surface area contributed by atoms with Gasteiger partial charge in [-0.15, -0.1) is 6.58 Å². The predicted molar refractivity (Wildman–Crippen MR) is 54.4 cm³/mol. The topological polar surface area (TPSA) is 60.2 Å². The summed E-state index contributed by atoms with van der Waals surface area (Å²) in [6.45, 7) is 6.45. The van der Waals surface area contributed by atoms with Crippen LogP contribution in [0.15, 0.2) is 17.2 Å². The second-order valence-corrected chi connectivity index (χ2v) is 3.53. The van der Waals surface area contributed by atoms with Gasteiger partial charge in [0.1, 0.15) is 0 Å². The second kappa shape index (κ2) is 5.04. The van der Waals surface area contributed by atoms with E-state index in [4.69, 9.17) is 9.26 Å². The molecule has 15 heavy (non-hydrogen) atoms. The molecule has 0 radical (unpaired) electrons. The summed E-state index contributed by atoms with van der Waals surface area (Å²) in [5.41, 5.74) is 0. The van der Waals surface area contributed by atoms with Gasteiger partial charge in [-0.1, -0.05) is 11.2 Å². The lowest BCUT2D eigenvalue weighted by Gasteiger charge is -1.97. The van der Waals surface area contributed by atoms with E-state index < -0.39 is 0 Å². The Labute approximate surface area is 88.5 Å². The Bertz CT molecular complexity index is 318. The molecule has 0 aromatic carbocycles. The lowest BCUT2D eigenvalue weighted by atomic mass is 10.1. The van der Waals surface area contributed by atoms with Gasteiger partial charge in [0.2, 0.25) is 5.89 Å². The lowest BCUT2D eigenvalue weighted by molar-refractivity contribution is 0.192. The average Bonchev–Trinajstić information content (AvgIpc) is 2.87. The molecule has 0 spiro atoms. The van der Waals surface area contributed by atoms with Gasteiger partial charge in [-0.25, -0.2) is 0 Å². The van der Waals surface area contributed by atoms with Crippen molar-refractivity contribution in [2.75, 3.05) is 19.8 Å². The highest BCUT2D eigenvalue weighted by molar-refractivity contribution is 4.97. The van der Waals surface area contributed by atoms with Gasteiger partial charge in [0.25, 0.3) is 0 Å². The maximum Gasteiger partial charge on any atom is 0.240 e. The molecule has 1 N–H and O–H groups in total. The van der Waals surface area contributed by atoms with Crippen molar-refractivity contribution in [3.05, 3.63) is 24.4 Å². The number of ether oxygens (including phenoxy) is 1. The molecule has 1 saturated heterocycles. The highest BCUT2D eigenvalue weighted by Gasteiger charge is 2.22. The normalized spacial score (nSPS) is 20.7. The molecule has 82 valence electrons. The van der Waals surface area contributed by atoms with Crippen LogP contribution in [0, 0.1) is 0 Å². The van der Waals surface area contributed by atoms with Gasteiger partial charge in [0.05, 0.1) is 13.2 Å². The van der Waals surface area contributed by atoms with Crippen molar-refractivity contribution in [1.82, 2.24) is 15.5 Å². The number of hydrogen-bond acceptors (Lipinski definition) is 5. The van der Waals surface area contributed by atoms with Crippen LogP contribution >= 0.6 is 0 Å². The summed E-state index contributed by atoms with van der Waals surface area (Å²) in [6, 6.07) is 0. The predicted octanol–water partition coefficient (Wildman–Crippen LogP) is 0.849. The highest BCUT2D eigenvalue weighted by atomic mass is 16.5. The molecule has 1 fully saturated rings. The first-order valence-corrected chi connectivity index (χ1v) is 5.12. The molecule has 1 atom stereocenters. The van der Waals surface area contributed by atoms with E-state index >= 15 is 0 Å². The smallest absolute Gasteiger partial charge is 0.240 e. The number of hydrogen-bond donors (Lipinski definition) is 1. The number of rotatable bonds is 5. The third kappa shape index (κ3) is 2.64. The zero-order valence-electron chi connectivity index (χ0n) is 8.61. The van der Waals surface area contributed by atoms with Gasteiger partial charge in [0, 0.05) is 19.1 Å². The Kier molecular flexibility index (Phi) is 3.47. The zero-order chi connectivity index (χ0) is 10.5. The molecule has 1 aliphatic rings. The molecule has 0 bridgehead atoms. The van der Waals surface area contributed by atoms with E-state index in [1.165, 1.54) is 0 Å². The van der Waals surface area contributed by atoms with Gasteiger partial charge in [-0.05, 0) is 6.42 Å². The Morgan fingerprint density at radius 1 is 1.60 bits per heavy atom. The van der Waals surface area contributed by atoms with Crippen LogP contribution in [0.3, 0.4) is 0 Å². The summed E-state index contributed by atoms with van der Waals surface area (Å²) in [6.07, 6.45) is 2.78. The summed E-state index contributed by atoms with van der Waals surface area (Å²) in [7, 11) is 0. The number of aromatic nitrogens is 2. The van der Waals surface area contributed by atoms with Crippen molar-refractivity contribution in [3.8, 4) is 0 Å². The molecule has 1 unspecified atom stereocenters. The van der Waals surface area contributed by atoms with Crippen LogP contribution in [0.2, 0.25) is 0 Å². The maximum absolute atomic E-state index is 5.27. The van der Waals surface area contributed by atoms with Crippen LogP contribution in [0.5, 0.6) is 0 Å². The van der Waals surface area contributed by atoms with Crippen molar-refractivity contribution in [2.24, 2.45) is 0 Å². The van der Waals surface area contributed by atoms with Gasteiger partial charge in [-0.2, -0.15) is 4.98 Å². The fourth-order valence-corrected chi connectivity index (χ4v) is 1.52. The Morgan fingerprint density at radius 3 is 3.27 bits per heavy atom. The number of nitrogens with zero attached hydrogens (tertiary/aromatic N) is 2. The Balaban J connectivity index is 1.88. The monoisotopic (exact) mass is 209 g/mol. The molecule has 0 aliphatic carbocycles. The van der Waals surface area contributed by atoms with E-state index in [-0.39, 0.29) is 0 Å². The molecule has 0 saturated carbocycles. The molecule has 0 amide bonds. The van der Waals surface area contributed by atoms with E-state index in [1.807, 2.05) is 0 Å². The van der Waals surface area contributed by atoms with Gasteiger partial charge in [-0.3, -0.25) is 0 Å². The molecule has 1 aliphatic heterocycles. The van der Waals surface area contributed by atoms with Crippen LogP contribution in [-0.4, -0.2) is 29.9 Å². The molecular formula is C10H15N3O2. The van der Waals surface area contributed by atoms with E-state index in [0.717, 1.165) is 25.4 Å². The van der Waals surface area contributed by atoms with Gasteiger partial charge < -0.3 is 14.6 Å². The van der Waals surface area contributed by atoms with E-state index in [1.54, 1.807) is 6.08 Å². The SMILES string of the molecule is C=CCNCc1nc(C2CCOC2)no1. The minimum Gasteiger partial charge on any atom is -0.381 e. The Morgan fingerprint density at radius 2 is 2.53 bits per heavy atom. The van der Waals surface area contributed by atoms with E-state index in [9.17, 15) is 0 Å². The molecule has 2 heterocycles. The fourth-order valence-electron chi connectivity index (χ4n) is 1.52. The molecular weight excluding hydrogens is 194 g/mol. The van der Waals surface area contributed by atoms with Crippen molar-refractivity contribution < 1.29 is 9.26 Å². The van der Waals surface area contributed by atoms with Crippen LogP contribution < -0.4 is 5.32 Å². The molecule has 2 rings (SSSR count).